The summed E-state index contributed by atoms with van der Waals surface area (Å²) >= 11 is 0. The average molecular weight is 682 g/mol. The summed E-state index contributed by atoms with van der Waals surface area (Å²) in [7, 11) is 0. The SMILES string of the molecule is CC(C)n1ccnc1-c1cc(C(F)(F)F)[n-]n1.CC(C)n1ccnc1-c1cc(C(F)(F)F)[n-]n1.[Pt+2]. The fourth-order valence-electron chi connectivity index (χ4n) is 2.94. The zero-order valence-corrected chi connectivity index (χ0v) is 21.1. The van der Waals surface area contributed by atoms with Crippen molar-refractivity contribution in [3.8, 4) is 23.0 Å². The van der Waals surface area contributed by atoms with Crippen LogP contribution in [0.25, 0.3) is 23.0 Å². The van der Waals surface area contributed by atoms with Gasteiger partial charge in [0, 0.05) is 36.9 Å². The summed E-state index contributed by atoms with van der Waals surface area (Å²) in [6, 6.07) is 2.00. The molecule has 0 fully saturated rings. The second-order valence-corrected chi connectivity index (χ2v) is 7.73. The molecule has 0 saturated heterocycles. The number of hydrogen-bond acceptors (Lipinski definition) is 4. The predicted molar refractivity (Wildman–Crippen MR) is 108 cm³/mol. The number of hydrogen-bond donors (Lipinski definition) is 0. The molecule has 0 atom stereocenters. The number of nitrogens with zero attached hydrogens (tertiary/aromatic N) is 8. The van der Waals surface area contributed by atoms with Crippen molar-refractivity contribution in [3.05, 3.63) is 48.3 Å². The Morgan fingerprint density at radius 3 is 1.29 bits per heavy atom. The standard InChI is InChI=1S/2C10H10F3N4.Pt/c2*1-6(2)17-4-3-14-9(17)7-5-8(16-15-7)10(11,12)13;/h2*3-6H,1-2H3;/q2*-1;+2. The second kappa shape index (κ2) is 10.8. The first-order chi connectivity index (χ1) is 15.8. The van der Waals surface area contributed by atoms with E-state index >= 15 is 0 Å². The summed E-state index contributed by atoms with van der Waals surface area (Å²) in [4.78, 5) is 7.99. The summed E-state index contributed by atoms with van der Waals surface area (Å²) in [5, 5.41) is 13.3. The molecule has 0 aliphatic heterocycles. The Labute approximate surface area is 210 Å². The largest absolute Gasteiger partial charge is 2.00 e. The monoisotopic (exact) mass is 681 g/mol. The van der Waals surface area contributed by atoms with Crippen LogP contribution in [0.15, 0.2) is 36.9 Å². The fourth-order valence-corrected chi connectivity index (χ4v) is 2.94. The molecular weight excluding hydrogens is 661 g/mol. The van der Waals surface area contributed by atoms with Gasteiger partial charge in [-0.1, -0.05) is 0 Å². The first-order valence-electron chi connectivity index (χ1n) is 10.0. The van der Waals surface area contributed by atoms with E-state index in [9.17, 15) is 26.3 Å². The van der Waals surface area contributed by atoms with Crippen molar-refractivity contribution >= 4 is 0 Å². The first-order valence-corrected chi connectivity index (χ1v) is 10.0. The van der Waals surface area contributed by atoms with Crippen molar-refractivity contribution in [2.75, 3.05) is 0 Å². The fraction of sp³-hybridized carbons (Fsp3) is 0.400. The second-order valence-electron chi connectivity index (χ2n) is 7.73. The van der Waals surface area contributed by atoms with E-state index in [1.54, 1.807) is 21.5 Å². The third-order valence-corrected chi connectivity index (χ3v) is 4.57. The van der Waals surface area contributed by atoms with Gasteiger partial charge in [-0.15, -0.1) is 0 Å². The minimum atomic E-state index is -4.47. The number of rotatable bonds is 4. The Bertz CT molecular complexity index is 1120. The van der Waals surface area contributed by atoms with Crippen molar-refractivity contribution < 1.29 is 47.4 Å². The molecule has 4 rings (SSSR count). The molecule has 0 bridgehead atoms. The molecule has 4 aromatic heterocycles. The van der Waals surface area contributed by atoms with Crippen LogP contribution in [0, 0.1) is 0 Å². The van der Waals surface area contributed by atoms with Crippen LogP contribution in [0.1, 0.15) is 51.2 Å². The smallest absolute Gasteiger partial charge is 0.571 e. The van der Waals surface area contributed by atoms with Gasteiger partial charge in [0.2, 0.25) is 0 Å². The van der Waals surface area contributed by atoms with Crippen LogP contribution in [0.2, 0.25) is 0 Å². The molecule has 35 heavy (non-hydrogen) atoms. The molecular formula is C20H20F6N8Pt. The molecule has 0 aromatic carbocycles. The zero-order chi connectivity index (χ0) is 25.3. The van der Waals surface area contributed by atoms with Gasteiger partial charge < -0.3 is 29.5 Å². The van der Waals surface area contributed by atoms with Crippen molar-refractivity contribution in [2.24, 2.45) is 0 Å². The number of imidazole rings is 2. The normalized spacial score (nSPS) is 12.0. The van der Waals surface area contributed by atoms with Gasteiger partial charge in [0.1, 0.15) is 0 Å². The van der Waals surface area contributed by atoms with Gasteiger partial charge >= 0.3 is 33.4 Å². The minimum absolute atomic E-state index is 0. The van der Waals surface area contributed by atoms with Crippen LogP contribution < -0.4 is 10.2 Å². The summed E-state index contributed by atoms with van der Waals surface area (Å²) in [5.74, 6) is 0.783. The zero-order valence-electron chi connectivity index (χ0n) is 18.8. The van der Waals surface area contributed by atoms with Gasteiger partial charge in [0.25, 0.3) is 0 Å². The number of alkyl halides is 6. The molecule has 0 amide bonds. The molecule has 0 N–H and O–H groups in total. The Hall–Kier alpha value is -2.89. The van der Waals surface area contributed by atoms with Gasteiger partial charge in [-0.05, 0) is 51.2 Å². The maximum absolute atomic E-state index is 12.4. The molecule has 8 nitrogen and oxygen atoms in total. The summed E-state index contributed by atoms with van der Waals surface area (Å²) in [5.41, 5.74) is -1.72. The minimum Gasteiger partial charge on any atom is -0.571 e. The molecule has 0 radical (unpaired) electrons. The third kappa shape index (κ3) is 6.62. The van der Waals surface area contributed by atoms with Gasteiger partial charge in [0.05, 0.1) is 11.4 Å². The summed E-state index contributed by atoms with van der Waals surface area (Å²) < 4.78 is 77.7. The Morgan fingerprint density at radius 2 is 1.03 bits per heavy atom. The van der Waals surface area contributed by atoms with E-state index in [4.69, 9.17) is 0 Å². The predicted octanol–water partition coefficient (Wildman–Crippen LogP) is 5.00. The van der Waals surface area contributed by atoms with Crippen molar-refractivity contribution in [2.45, 2.75) is 52.1 Å². The van der Waals surface area contributed by atoms with Gasteiger partial charge in [0.15, 0.2) is 11.6 Å². The first kappa shape index (κ1) is 28.3. The molecule has 4 aromatic rings. The van der Waals surface area contributed by atoms with E-state index < -0.39 is 23.7 Å². The molecule has 0 saturated carbocycles. The third-order valence-electron chi connectivity index (χ3n) is 4.57. The molecule has 0 aliphatic rings. The topological polar surface area (TPSA) is 89.6 Å². The van der Waals surface area contributed by atoms with Crippen LogP contribution in [0.3, 0.4) is 0 Å². The summed E-state index contributed by atoms with van der Waals surface area (Å²) in [6.45, 7) is 7.64. The maximum atomic E-state index is 12.4. The molecule has 0 spiro atoms. The van der Waals surface area contributed by atoms with Gasteiger partial charge in [-0.25, -0.2) is 9.97 Å². The van der Waals surface area contributed by atoms with E-state index in [-0.39, 0.29) is 44.5 Å². The van der Waals surface area contributed by atoms with Gasteiger partial charge in [-0.2, -0.15) is 26.3 Å². The number of halogens is 6. The van der Waals surface area contributed by atoms with Crippen LogP contribution in [0.5, 0.6) is 0 Å². The molecule has 4 heterocycles. The van der Waals surface area contributed by atoms with Crippen molar-refractivity contribution in [1.29, 1.82) is 0 Å². The molecule has 0 aliphatic carbocycles. The summed E-state index contributed by atoms with van der Waals surface area (Å²) in [6.07, 6.45) is -2.50. The van der Waals surface area contributed by atoms with E-state index in [0.29, 0.717) is 11.6 Å². The Kier molecular flexibility index (Phi) is 8.74. The average Bonchev–Trinajstić information content (AvgIpc) is 3.53. The van der Waals surface area contributed by atoms with Crippen LogP contribution in [-0.2, 0) is 33.4 Å². The molecule has 15 heteroatoms. The Morgan fingerprint density at radius 1 is 0.686 bits per heavy atom. The Balaban J connectivity index is 0.000000240. The van der Waals surface area contributed by atoms with E-state index in [2.05, 4.69) is 30.4 Å². The van der Waals surface area contributed by atoms with E-state index in [0.717, 1.165) is 12.1 Å². The van der Waals surface area contributed by atoms with Gasteiger partial charge in [-0.3, -0.25) is 0 Å². The molecule has 0 unspecified atom stereocenters. The molecule has 192 valence electrons. The number of aromatic nitrogens is 8. The van der Waals surface area contributed by atoms with Crippen LogP contribution >= 0.6 is 0 Å². The van der Waals surface area contributed by atoms with Crippen molar-refractivity contribution in [1.82, 2.24) is 39.5 Å². The van der Waals surface area contributed by atoms with E-state index in [1.807, 2.05) is 27.7 Å². The maximum Gasteiger partial charge on any atom is 2.00 e. The van der Waals surface area contributed by atoms with Crippen LogP contribution in [0.4, 0.5) is 26.3 Å². The quantitative estimate of drug-likeness (QED) is 0.282. The van der Waals surface area contributed by atoms with Crippen LogP contribution in [-0.4, -0.2) is 29.3 Å². The van der Waals surface area contributed by atoms with Crippen molar-refractivity contribution in [3.63, 3.8) is 0 Å². The van der Waals surface area contributed by atoms with E-state index in [1.165, 1.54) is 12.4 Å².